The van der Waals surface area contributed by atoms with Gasteiger partial charge < -0.3 is 15.5 Å². The van der Waals surface area contributed by atoms with Gasteiger partial charge in [0.25, 0.3) is 0 Å². The third kappa shape index (κ3) is 4.24. The second-order valence-electron chi connectivity index (χ2n) is 4.55. The summed E-state index contributed by atoms with van der Waals surface area (Å²) in [5.74, 6) is -1.49. The number of nitrogens with one attached hydrogen (secondary N) is 1. The second-order valence-corrected chi connectivity index (χ2v) is 5.66. The summed E-state index contributed by atoms with van der Waals surface area (Å²) >= 11 is 1.53. The topological polar surface area (TPSA) is 99.5 Å². The van der Waals surface area contributed by atoms with E-state index in [9.17, 15) is 9.59 Å². The van der Waals surface area contributed by atoms with E-state index in [1.807, 2.05) is 24.3 Å². The number of carbonyl (C=O) groups is 2. The summed E-state index contributed by atoms with van der Waals surface area (Å²) in [5, 5.41) is 20.9. The summed E-state index contributed by atoms with van der Waals surface area (Å²) in [5.41, 5.74) is 0.904. The molecule has 6 nitrogen and oxygen atoms in total. The minimum atomic E-state index is -1.14. The number of amides is 1. The number of para-hydroxylation sites is 1. The lowest BCUT2D eigenvalue weighted by atomic mass is 10.2. The number of fused-ring (bicyclic) bond motifs is 1. The number of carboxylic acids is 1. The SMILES string of the molecule is O=C(CCc1nc2ccccc2s1)N[C@H](CCO)C(=O)O. The van der Waals surface area contributed by atoms with Crippen LogP contribution in [0.2, 0.25) is 0 Å². The molecular weight excluding hydrogens is 292 g/mol. The standard InChI is InChI=1S/C14H16N2O4S/c17-8-7-10(14(19)20)15-12(18)5-6-13-16-9-3-1-2-4-11(9)21-13/h1-4,10,17H,5-8H2,(H,15,18)(H,19,20)/t10-/m1/s1. The van der Waals surface area contributed by atoms with Gasteiger partial charge in [-0.25, -0.2) is 9.78 Å². The maximum atomic E-state index is 11.7. The number of rotatable bonds is 7. The molecule has 0 spiro atoms. The molecule has 21 heavy (non-hydrogen) atoms. The molecule has 2 rings (SSSR count). The van der Waals surface area contributed by atoms with Gasteiger partial charge >= 0.3 is 5.97 Å². The van der Waals surface area contributed by atoms with Crippen molar-refractivity contribution >= 4 is 33.4 Å². The van der Waals surface area contributed by atoms with Crippen molar-refractivity contribution in [1.82, 2.24) is 10.3 Å². The van der Waals surface area contributed by atoms with Gasteiger partial charge in [-0.1, -0.05) is 12.1 Å². The first-order chi connectivity index (χ1) is 10.1. The van der Waals surface area contributed by atoms with Crippen LogP contribution in [0.3, 0.4) is 0 Å². The number of hydrogen-bond donors (Lipinski definition) is 3. The van der Waals surface area contributed by atoms with E-state index in [1.165, 1.54) is 11.3 Å². The van der Waals surface area contributed by atoms with E-state index in [-0.39, 0.29) is 25.4 Å². The molecule has 1 atom stereocenters. The second kappa shape index (κ2) is 7.14. The number of aliphatic carboxylic acids is 1. The first-order valence-corrected chi connectivity index (χ1v) is 7.39. The average molecular weight is 308 g/mol. The fraction of sp³-hybridized carbons (Fsp3) is 0.357. The van der Waals surface area contributed by atoms with E-state index in [1.54, 1.807) is 0 Å². The summed E-state index contributed by atoms with van der Waals surface area (Å²) in [4.78, 5) is 27.0. The minimum absolute atomic E-state index is 0.00219. The van der Waals surface area contributed by atoms with Crippen LogP contribution in [0.5, 0.6) is 0 Å². The summed E-state index contributed by atoms with van der Waals surface area (Å²) in [6, 6.07) is 6.68. The zero-order chi connectivity index (χ0) is 15.2. The van der Waals surface area contributed by atoms with Gasteiger partial charge in [-0.15, -0.1) is 11.3 Å². The van der Waals surface area contributed by atoms with Gasteiger partial charge in [0.1, 0.15) is 6.04 Å². The van der Waals surface area contributed by atoms with Crippen LogP contribution in [0.1, 0.15) is 17.8 Å². The third-order valence-electron chi connectivity index (χ3n) is 2.96. The van der Waals surface area contributed by atoms with Crippen LogP contribution in [-0.4, -0.2) is 39.7 Å². The summed E-state index contributed by atoms with van der Waals surface area (Å²) in [6.07, 6.45) is 0.647. The van der Waals surface area contributed by atoms with E-state index in [2.05, 4.69) is 10.3 Å². The first kappa shape index (κ1) is 15.4. The van der Waals surface area contributed by atoms with Crippen LogP contribution >= 0.6 is 11.3 Å². The number of hydrogen-bond acceptors (Lipinski definition) is 5. The van der Waals surface area contributed by atoms with Crippen molar-refractivity contribution in [2.24, 2.45) is 0 Å². The zero-order valence-electron chi connectivity index (χ0n) is 11.3. The Labute approximate surface area is 125 Å². The third-order valence-corrected chi connectivity index (χ3v) is 4.05. The lowest BCUT2D eigenvalue weighted by molar-refractivity contribution is -0.142. The largest absolute Gasteiger partial charge is 0.480 e. The highest BCUT2D eigenvalue weighted by Gasteiger charge is 2.19. The number of aryl methyl sites for hydroxylation is 1. The van der Waals surface area contributed by atoms with Gasteiger partial charge in [-0.05, 0) is 12.1 Å². The summed E-state index contributed by atoms with van der Waals surface area (Å²) in [6.45, 7) is -0.283. The van der Waals surface area contributed by atoms with Gasteiger partial charge in [-0.2, -0.15) is 0 Å². The zero-order valence-corrected chi connectivity index (χ0v) is 12.1. The van der Waals surface area contributed by atoms with Crippen molar-refractivity contribution < 1.29 is 19.8 Å². The Hall–Kier alpha value is -1.99. The van der Waals surface area contributed by atoms with E-state index >= 15 is 0 Å². The molecule has 0 aliphatic heterocycles. The van der Waals surface area contributed by atoms with Crippen LogP contribution in [0.4, 0.5) is 0 Å². The van der Waals surface area contributed by atoms with Gasteiger partial charge in [0.15, 0.2) is 0 Å². The molecule has 112 valence electrons. The van der Waals surface area contributed by atoms with E-state index in [4.69, 9.17) is 10.2 Å². The predicted molar refractivity (Wildman–Crippen MR) is 79.2 cm³/mol. The lowest BCUT2D eigenvalue weighted by Gasteiger charge is -2.12. The maximum absolute atomic E-state index is 11.7. The number of aromatic nitrogens is 1. The first-order valence-electron chi connectivity index (χ1n) is 6.57. The number of nitrogens with zero attached hydrogens (tertiary/aromatic N) is 1. The molecule has 0 radical (unpaired) electrons. The molecule has 0 aliphatic rings. The molecule has 0 saturated carbocycles. The highest BCUT2D eigenvalue weighted by molar-refractivity contribution is 7.18. The average Bonchev–Trinajstić information content (AvgIpc) is 2.87. The predicted octanol–water partition coefficient (Wildman–Crippen LogP) is 1.18. The quantitative estimate of drug-likeness (QED) is 0.713. The summed E-state index contributed by atoms with van der Waals surface area (Å²) < 4.78 is 1.07. The van der Waals surface area contributed by atoms with E-state index in [0.29, 0.717) is 6.42 Å². The number of benzene rings is 1. The van der Waals surface area contributed by atoms with Crippen LogP contribution in [0.15, 0.2) is 24.3 Å². The van der Waals surface area contributed by atoms with Crippen LogP contribution in [-0.2, 0) is 16.0 Å². The molecule has 0 bridgehead atoms. The number of carbonyl (C=O) groups excluding carboxylic acids is 1. The van der Waals surface area contributed by atoms with Crippen LogP contribution < -0.4 is 5.32 Å². The molecule has 1 heterocycles. The minimum Gasteiger partial charge on any atom is -0.480 e. The fourth-order valence-electron chi connectivity index (χ4n) is 1.90. The number of carboxylic acid groups (broad SMARTS) is 1. The summed E-state index contributed by atoms with van der Waals surface area (Å²) in [7, 11) is 0. The van der Waals surface area contributed by atoms with Gasteiger partial charge in [0.05, 0.1) is 15.2 Å². The number of aliphatic hydroxyl groups excluding tert-OH is 1. The Kier molecular flexibility index (Phi) is 5.24. The van der Waals surface area contributed by atoms with Crippen molar-refractivity contribution in [1.29, 1.82) is 0 Å². The van der Waals surface area contributed by atoms with Crippen LogP contribution in [0, 0.1) is 0 Å². The normalized spacial score (nSPS) is 12.2. The van der Waals surface area contributed by atoms with E-state index < -0.39 is 12.0 Å². The van der Waals surface area contributed by atoms with Crippen molar-refractivity contribution in [2.75, 3.05) is 6.61 Å². The Morgan fingerprint density at radius 2 is 2.10 bits per heavy atom. The molecule has 1 amide bonds. The Morgan fingerprint density at radius 1 is 1.33 bits per heavy atom. The molecule has 7 heteroatoms. The number of aliphatic hydroxyl groups is 1. The van der Waals surface area contributed by atoms with Crippen molar-refractivity contribution in [3.63, 3.8) is 0 Å². The Morgan fingerprint density at radius 3 is 2.76 bits per heavy atom. The molecule has 0 aliphatic carbocycles. The maximum Gasteiger partial charge on any atom is 0.326 e. The molecule has 3 N–H and O–H groups in total. The van der Waals surface area contributed by atoms with Crippen molar-refractivity contribution in [3.05, 3.63) is 29.3 Å². The molecule has 2 aromatic rings. The van der Waals surface area contributed by atoms with E-state index in [0.717, 1.165) is 15.2 Å². The molecular formula is C14H16N2O4S. The van der Waals surface area contributed by atoms with Gasteiger partial charge in [0, 0.05) is 25.9 Å². The highest BCUT2D eigenvalue weighted by Crippen LogP contribution is 2.22. The van der Waals surface area contributed by atoms with Gasteiger partial charge in [-0.3, -0.25) is 4.79 Å². The lowest BCUT2D eigenvalue weighted by Crippen LogP contribution is -2.41. The molecule has 0 saturated heterocycles. The Bertz CT molecular complexity index is 608. The van der Waals surface area contributed by atoms with Crippen molar-refractivity contribution in [2.45, 2.75) is 25.3 Å². The molecule has 1 aromatic carbocycles. The number of thiazole rings is 1. The molecule has 0 fully saturated rings. The van der Waals surface area contributed by atoms with Crippen molar-refractivity contribution in [3.8, 4) is 0 Å². The Balaban J connectivity index is 1.89. The molecule has 0 unspecified atom stereocenters. The highest BCUT2D eigenvalue weighted by atomic mass is 32.1. The van der Waals surface area contributed by atoms with Crippen LogP contribution in [0.25, 0.3) is 10.2 Å². The smallest absolute Gasteiger partial charge is 0.326 e. The monoisotopic (exact) mass is 308 g/mol. The fourth-order valence-corrected chi connectivity index (χ4v) is 2.87. The molecule has 1 aromatic heterocycles. The van der Waals surface area contributed by atoms with Gasteiger partial charge in [0.2, 0.25) is 5.91 Å².